The van der Waals surface area contributed by atoms with Gasteiger partial charge in [-0.1, -0.05) is 25.9 Å². The zero-order valence-corrected chi connectivity index (χ0v) is 13.9. The minimum absolute atomic E-state index is 0. The first-order valence-corrected chi connectivity index (χ1v) is 6.60. The van der Waals surface area contributed by atoms with E-state index in [0.29, 0.717) is 6.42 Å². The smallest absolute Gasteiger partial charge is 0.237 e. The highest BCUT2D eigenvalue weighted by molar-refractivity contribution is 5.85. The van der Waals surface area contributed by atoms with E-state index >= 15 is 0 Å². The topological polar surface area (TPSA) is 81.2 Å². The van der Waals surface area contributed by atoms with Crippen LogP contribution in [0.3, 0.4) is 0 Å². The van der Waals surface area contributed by atoms with E-state index in [0.717, 1.165) is 17.0 Å². The highest BCUT2D eigenvalue weighted by Gasteiger charge is 2.28. The average Bonchev–Trinajstić information content (AvgIpc) is 2.58. The van der Waals surface area contributed by atoms with Gasteiger partial charge >= 0.3 is 0 Å². The summed E-state index contributed by atoms with van der Waals surface area (Å²) in [5, 5.41) is 6.86. The molecule has 1 aromatic rings. The van der Waals surface area contributed by atoms with Crippen LogP contribution >= 0.6 is 12.4 Å². The molecule has 1 unspecified atom stereocenters. The lowest BCUT2D eigenvalue weighted by atomic mass is 9.86. The van der Waals surface area contributed by atoms with Crippen LogP contribution in [-0.2, 0) is 11.2 Å². The second kappa shape index (κ2) is 7.09. The highest BCUT2D eigenvalue weighted by atomic mass is 35.5. The minimum atomic E-state index is -0.514. The predicted molar refractivity (Wildman–Crippen MR) is 82.0 cm³/mol. The number of rotatable bonds is 4. The molecule has 0 radical (unpaired) electrons. The van der Waals surface area contributed by atoms with Gasteiger partial charge in [-0.15, -0.1) is 12.4 Å². The maximum atomic E-state index is 12.0. The third-order valence-corrected chi connectivity index (χ3v) is 3.30. The van der Waals surface area contributed by atoms with E-state index in [1.165, 1.54) is 0 Å². The zero-order chi connectivity index (χ0) is 14.8. The maximum Gasteiger partial charge on any atom is 0.237 e. The number of carbonyl (C=O) groups excluding carboxylic acids is 1. The van der Waals surface area contributed by atoms with Gasteiger partial charge in [-0.3, -0.25) is 4.79 Å². The molecule has 0 saturated heterocycles. The number of amides is 1. The molecule has 1 aromatic heterocycles. The van der Waals surface area contributed by atoms with Crippen molar-refractivity contribution in [3.8, 4) is 0 Å². The van der Waals surface area contributed by atoms with Crippen molar-refractivity contribution in [2.75, 3.05) is 0 Å². The summed E-state index contributed by atoms with van der Waals surface area (Å²) in [4.78, 5) is 12.0. The summed E-state index contributed by atoms with van der Waals surface area (Å²) in [6.45, 7) is 11.6. The molecular weight excluding hydrogens is 278 g/mol. The molecule has 116 valence electrons. The van der Waals surface area contributed by atoms with Crippen LogP contribution in [0.4, 0.5) is 0 Å². The quantitative estimate of drug-likeness (QED) is 0.893. The van der Waals surface area contributed by atoms with Gasteiger partial charge in [0.2, 0.25) is 5.91 Å². The summed E-state index contributed by atoms with van der Waals surface area (Å²) in [7, 11) is 0. The number of nitrogens with one attached hydrogen (secondary N) is 1. The van der Waals surface area contributed by atoms with E-state index < -0.39 is 6.04 Å². The largest absolute Gasteiger partial charge is 0.361 e. The van der Waals surface area contributed by atoms with Crippen LogP contribution in [0.25, 0.3) is 0 Å². The van der Waals surface area contributed by atoms with Gasteiger partial charge in [0.05, 0.1) is 11.7 Å². The fourth-order valence-electron chi connectivity index (χ4n) is 1.88. The van der Waals surface area contributed by atoms with Crippen molar-refractivity contribution < 1.29 is 9.32 Å². The first kappa shape index (κ1) is 18.9. The lowest BCUT2D eigenvalue weighted by Crippen LogP contribution is -2.51. The summed E-state index contributed by atoms with van der Waals surface area (Å²) in [6, 6.07) is -0.516. The molecule has 1 rings (SSSR count). The number of nitrogens with two attached hydrogens (primary N) is 1. The van der Waals surface area contributed by atoms with Crippen molar-refractivity contribution >= 4 is 18.3 Å². The SMILES string of the molecule is Cc1noc(C)c1CC(C)NC(=O)[C@@H](N)C(C)(C)C.Cl. The van der Waals surface area contributed by atoms with E-state index in [1.807, 2.05) is 41.5 Å². The molecule has 0 saturated carbocycles. The van der Waals surface area contributed by atoms with Crippen molar-refractivity contribution in [1.82, 2.24) is 10.5 Å². The number of aromatic nitrogens is 1. The Labute approximate surface area is 127 Å². The van der Waals surface area contributed by atoms with Crippen molar-refractivity contribution in [1.29, 1.82) is 0 Å². The van der Waals surface area contributed by atoms with Crippen molar-refractivity contribution in [3.05, 3.63) is 17.0 Å². The molecule has 0 fully saturated rings. The molecule has 20 heavy (non-hydrogen) atoms. The molecule has 5 nitrogen and oxygen atoms in total. The molecule has 3 N–H and O–H groups in total. The van der Waals surface area contributed by atoms with Gasteiger partial charge in [0.25, 0.3) is 0 Å². The second-order valence-corrected chi connectivity index (χ2v) is 6.26. The first-order chi connectivity index (χ1) is 8.62. The Balaban J connectivity index is 0.00000361. The Morgan fingerprint density at radius 2 is 1.95 bits per heavy atom. The van der Waals surface area contributed by atoms with E-state index in [-0.39, 0.29) is 29.8 Å². The van der Waals surface area contributed by atoms with Crippen molar-refractivity contribution in [2.24, 2.45) is 11.1 Å². The number of carbonyl (C=O) groups is 1. The van der Waals surface area contributed by atoms with Crippen LogP contribution in [0.2, 0.25) is 0 Å². The fraction of sp³-hybridized carbons (Fsp3) is 0.714. The summed E-state index contributed by atoms with van der Waals surface area (Å²) in [5.41, 5.74) is 7.62. The van der Waals surface area contributed by atoms with Gasteiger partial charge in [0.15, 0.2) is 0 Å². The summed E-state index contributed by atoms with van der Waals surface area (Å²) in [6.07, 6.45) is 0.698. The minimum Gasteiger partial charge on any atom is -0.361 e. The number of aryl methyl sites for hydroxylation is 2. The van der Waals surface area contributed by atoms with E-state index in [9.17, 15) is 4.79 Å². The molecule has 1 amide bonds. The molecular formula is C14H26ClN3O2. The molecule has 0 aliphatic heterocycles. The number of hydrogen-bond donors (Lipinski definition) is 2. The molecule has 0 aromatic carbocycles. The van der Waals surface area contributed by atoms with E-state index in [4.69, 9.17) is 10.3 Å². The standard InChI is InChI=1S/C14H25N3O2.ClH/c1-8(7-11-9(2)17-19-10(11)3)16-13(18)12(15)14(4,5)6;/h8,12H,7,15H2,1-6H3,(H,16,18);1H/t8?,12-;/m1./s1. The Morgan fingerprint density at radius 1 is 1.40 bits per heavy atom. The maximum absolute atomic E-state index is 12.0. The Hall–Kier alpha value is -1.07. The summed E-state index contributed by atoms with van der Waals surface area (Å²) < 4.78 is 5.12. The third-order valence-electron chi connectivity index (χ3n) is 3.30. The number of hydrogen-bond acceptors (Lipinski definition) is 4. The predicted octanol–water partition coefficient (Wildman–Crippen LogP) is 2.13. The van der Waals surface area contributed by atoms with Crippen LogP contribution in [0.15, 0.2) is 4.52 Å². The average molecular weight is 304 g/mol. The van der Waals surface area contributed by atoms with Crippen LogP contribution in [0.1, 0.15) is 44.7 Å². The second-order valence-electron chi connectivity index (χ2n) is 6.26. The Kier molecular flexibility index (Phi) is 6.71. The third kappa shape index (κ3) is 4.80. The van der Waals surface area contributed by atoms with Crippen LogP contribution in [0.5, 0.6) is 0 Å². The van der Waals surface area contributed by atoms with Gasteiger partial charge in [0.1, 0.15) is 5.76 Å². The van der Waals surface area contributed by atoms with Gasteiger partial charge in [-0.25, -0.2) is 0 Å². The van der Waals surface area contributed by atoms with Crippen LogP contribution in [-0.4, -0.2) is 23.1 Å². The zero-order valence-electron chi connectivity index (χ0n) is 13.1. The Bertz CT molecular complexity index is 432. The lowest BCUT2D eigenvalue weighted by Gasteiger charge is -2.27. The molecule has 0 aliphatic rings. The normalized spacial score (nSPS) is 14.3. The van der Waals surface area contributed by atoms with Gasteiger partial charge in [-0.05, 0) is 32.6 Å². The van der Waals surface area contributed by atoms with Crippen molar-refractivity contribution in [2.45, 2.75) is 60.0 Å². The van der Waals surface area contributed by atoms with Gasteiger partial charge in [-0.2, -0.15) is 0 Å². The highest BCUT2D eigenvalue weighted by Crippen LogP contribution is 2.18. The lowest BCUT2D eigenvalue weighted by molar-refractivity contribution is -0.125. The Morgan fingerprint density at radius 3 is 2.35 bits per heavy atom. The van der Waals surface area contributed by atoms with Crippen molar-refractivity contribution in [3.63, 3.8) is 0 Å². The van der Waals surface area contributed by atoms with Gasteiger partial charge in [0, 0.05) is 11.6 Å². The van der Waals surface area contributed by atoms with E-state index in [1.54, 1.807) is 0 Å². The molecule has 2 atom stereocenters. The van der Waals surface area contributed by atoms with Crippen LogP contribution in [0, 0.1) is 19.3 Å². The number of nitrogens with zero attached hydrogens (tertiary/aromatic N) is 1. The molecule has 6 heteroatoms. The molecule has 0 spiro atoms. The first-order valence-electron chi connectivity index (χ1n) is 6.60. The van der Waals surface area contributed by atoms with Gasteiger partial charge < -0.3 is 15.6 Å². The molecule has 1 heterocycles. The van der Waals surface area contributed by atoms with E-state index in [2.05, 4.69) is 10.5 Å². The molecule has 0 bridgehead atoms. The monoisotopic (exact) mass is 303 g/mol. The van der Waals surface area contributed by atoms with Crippen LogP contribution < -0.4 is 11.1 Å². The summed E-state index contributed by atoms with van der Waals surface area (Å²) >= 11 is 0. The molecule has 0 aliphatic carbocycles. The summed E-state index contributed by atoms with van der Waals surface area (Å²) in [5.74, 6) is 0.686. The number of halogens is 1. The fourth-order valence-corrected chi connectivity index (χ4v) is 1.88.